The molecule has 0 amide bonds. The van der Waals surface area contributed by atoms with Crippen LogP contribution in [0.2, 0.25) is 5.15 Å². The third kappa shape index (κ3) is 1.79. The molecule has 0 saturated carbocycles. The van der Waals surface area contributed by atoms with E-state index in [0.717, 1.165) is 0 Å². The van der Waals surface area contributed by atoms with E-state index < -0.39 is 0 Å². The van der Waals surface area contributed by atoms with Crippen LogP contribution in [0.15, 0.2) is 18.3 Å². The van der Waals surface area contributed by atoms with E-state index in [1.54, 1.807) is 12.1 Å². The molecule has 1 heterocycles. The second-order valence-corrected chi connectivity index (χ2v) is 2.55. The molecule has 0 aliphatic carbocycles. The van der Waals surface area contributed by atoms with Gasteiger partial charge in [0.05, 0.1) is 0 Å². The number of amidine groups is 1. The van der Waals surface area contributed by atoms with E-state index in [1.807, 2.05) is 0 Å². The third-order valence-electron chi connectivity index (χ3n) is 1.29. The predicted octanol–water partition coefficient (Wildman–Crippen LogP) is 1.04. The fourth-order valence-electron chi connectivity index (χ4n) is 0.679. The monoisotopic (exact) mass is 182 g/mol. The van der Waals surface area contributed by atoms with Crippen molar-refractivity contribution in [3.05, 3.63) is 29.0 Å². The van der Waals surface area contributed by atoms with Gasteiger partial charge in [0.2, 0.25) is 0 Å². The minimum Gasteiger partial charge on any atom is -0.382 e. The molecule has 4 nitrogen and oxygen atoms in total. The fourth-order valence-corrected chi connectivity index (χ4v) is 0.791. The van der Waals surface area contributed by atoms with Gasteiger partial charge in [0.15, 0.2) is 0 Å². The number of aromatic nitrogens is 1. The summed E-state index contributed by atoms with van der Waals surface area (Å²) in [5.74, 6) is -0.279. The quantitative estimate of drug-likeness (QED) is 0.363. The molecule has 0 bridgehead atoms. The molecule has 0 unspecified atom stereocenters. The summed E-state index contributed by atoms with van der Waals surface area (Å²) in [6.07, 6.45) is 1.41. The van der Waals surface area contributed by atoms with Crippen LogP contribution in [0.1, 0.15) is 5.56 Å². The molecule has 4 N–H and O–H groups in total. The van der Waals surface area contributed by atoms with Crippen LogP contribution >= 0.6 is 11.6 Å². The molecule has 1 aromatic rings. The molecule has 5 heteroatoms. The van der Waals surface area contributed by atoms with E-state index in [1.165, 1.54) is 6.20 Å². The Morgan fingerprint density at radius 3 is 2.50 bits per heavy atom. The summed E-state index contributed by atoms with van der Waals surface area (Å²) < 4.78 is 0. The van der Waals surface area contributed by atoms with Gasteiger partial charge in [0.25, 0.3) is 0 Å². The van der Waals surface area contributed by atoms with Crippen molar-refractivity contribution in [1.29, 1.82) is 10.8 Å². The first-order valence-corrected chi connectivity index (χ1v) is 3.54. The maximum Gasteiger partial charge on any atom is 0.141 e. The topological polar surface area (TPSA) is 86.6 Å². The summed E-state index contributed by atoms with van der Waals surface area (Å²) in [5.41, 5.74) is 5.55. The van der Waals surface area contributed by atoms with Gasteiger partial charge in [-0.3, -0.25) is 10.8 Å². The van der Waals surface area contributed by atoms with E-state index in [0.29, 0.717) is 10.7 Å². The fraction of sp³-hybridized carbons (Fsp3) is 0. The Hall–Kier alpha value is -1.42. The van der Waals surface area contributed by atoms with Crippen LogP contribution in [0.5, 0.6) is 0 Å². The number of hydrogen-bond acceptors (Lipinski definition) is 3. The Morgan fingerprint density at radius 2 is 2.08 bits per heavy atom. The summed E-state index contributed by atoms with van der Waals surface area (Å²) in [6, 6.07) is 3.15. The number of pyridine rings is 1. The van der Waals surface area contributed by atoms with Crippen molar-refractivity contribution in [2.75, 3.05) is 0 Å². The van der Waals surface area contributed by atoms with Crippen molar-refractivity contribution in [2.24, 2.45) is 5.73 Å². The van der Waals surface area contributed by atoms with Crippen LogP contribution in [0.3, 0.4) is 0 Å². The van der Waals surface area contributed by atoms with Gasteiger partial charge >= 0.3 is 0 Å². The highest BCUT2D eigenvalue weighted by Crippen LogP contribution is 2.05. The van der Waals surface area contributed by atoms with Crippen molar-refractivity contribution >= 4 is 23.1 Å². The van der Waals surface area contributed by atoms with Gasteiger partial charge in [-0.1, -0.05) is 11.6 Å². The van der Waals surface area contributed by atoms with Crippen LogP contribution in [0.4, 0.5) is 0 Å². The molecule has 0 saturated heterocycles. The molecular weight excluding hydrogens is 176 g/mol. The first kappa shape index (κ1) is 8.67. The second kappa shape index (κ2) is 3.32. The van der Waals surface area contributed by atoms with Crippen molar-refractivity contribution in [3.63, 3.8) is 0 Å². The molecule has 0 radical (unpaired) electrons. The van der Waals surface area contributed by atoms with Gasteiger partial charge in [-0.25, -0.2) is 4.98 Å². The highest BCUT2D eigenvalue weighted by molar-refractivity contribution is 6.44. The van der Waals surface area contributed by atoms with E-state index in [4.69, 9.17) is 28.2 Å². The smallest absolute Gasteiger partial charge is 0.141 e. The number of nitrogens with one attached hydrogen (secondary N) is 2. The zero-order chi connectivity index (χ0) is 9.14. The number of nitrogens with two attached hydrogens (primary N) is 1. The Balaban J connectivity index is 2.98. The van der Waals surface area contributed by atoms with Crippen molar-refractivity contribution in [1.82, 2.24) is 4.98 Å². The van der Waals surface area contributed by atoms with E-state index in [2.05, 4.69) is 4.98 Å². The lowest BCUT2D eigenvalue weighted by molar-refractivity contribution is 1.31. The molecule has 0 spiro atoms. The van der Waals surface area contributed by atoms with Crippen molar-refractivity contribution < 1.29 is 0 Å². The van der Waals surface area contributed by atoms with E-state index >= 15 is 0 Å². The zero-order valence-corrected chi connectivity index (χ0v) is 6.89. The molecule has 1 aromatic heterocycles. The number of halogens is 1. The highest BCUT2D eigenvalue weighted by Gasteiger charge is 2.03. The minimum atomic E-state index is -0.279. The summed E-state index contributed by atoms with van der Waals surface area (Å²) in [5, 5.41) is 14.7. The van der Waals surface area contributed by atoms with Crippen LogP contribution in [0, 0.1) is 10.8 Å². The third-order valence-corrected chi connectivity index (χ3v) is 1.51. The lowest BCUT2D eigenvalue weighted by atomic mass is 10.2. The van der Waals surface area contributed by atoms with Gasteiger partial charge in [-0.15, -0.1) is 0 Å². The molecule has 0 aliphatic rings. The Kier molecular flexibility index (Phi) is 2.40. The van der Waals surface area contributed by atoms with Crippen LogP contribution in [0.25, 0.3) is 0 Å². The van der Waals surface area contributed by atoms with Crippen LogP contribution in [-0.4, -0.2) is 16.5 Å². The Bertz CT molecular complexity index is 317. The van der Waals surface area contributed by atoms with Gasteiger partial charge < -0.3 is 5.73 Å². The Morgan fingerprint density at radius 1 is 1.42 bits per heavy atom. The molecule has 0 atom stereocenters. The molecule has 12 heavy (non-hydrogen) atoms. The normalized spacial score (nSPS) is 9.42. The maximum absolute atomic E-state index is 7.32. The highest BCUT2D eigenvalue weighted by atomic mass is 35.5. The molecule has 0 aliphatic heterocycles. The van der Waals surface area contributed by atoms with Crippen LogP contribution in [-0.2, 0) is 0 Å². The first-order valence-electron chi connectivity index (χ1n) is 3.16. The Labute approximate surface area is 74.4 Å². The molecule has 1 rings (SSSR count). The number of hydrogen-bond donors (Lipinski definition) is 3. The van der Waals surface area contributed by atoms with E-state index in [9.17, 15) is 0 Å². The standard InChI is InChI=1S/C7H7ClN4/c8-5-2-1-4(3-12-5)6(9)7(10)11/h1-3,9H,(H3,10,11). The maximum atomic E-state index is 7.32. The van der Waals surface area contributed by atoms with Crippen LogP contribution < -0.4 is 5.73 Å². The number of nitrogens with zero attached hydrogens (tertiary/aromatic N) is 1. The molecule has 62 valence electrons. The molecule has 0 fully saturated rings. The largest absolute Gasteiger partial charge is 0.382 e. The lowest BCUT2D eigenvalue weighted by Gasteiger charge is -1.99. The van der Waals surface area contributed by atoms with Crippen molar-refractivity contribution in [3.8, 4) is 0 Å². The SMILES string of the molecule is N=C(N)C(=N)c1ccc(Cl)nc1. The van der Waals surface area contributed by atoms with Gasteiger partial charge in [0, 0.05) is 11.8 Å². The van der Waals surface area contributed by atoms with Crippen molar-refractivity contribution in [2.45, 2.75) is 0 Å². The first-order chi connectivity index (χ1) is 5.61. The predicted molar refractivity (Wildman–Crippen MR) is 48.0 cm³/mol. The average Bonchev–Trinajstić information content (AvgIpc) is 2.04. The summed E-state index contributed by atoms with van der Waals surface area (Å²) in [4.78, 5) is 3.75. The lowest BCUT2D eigenvalue weighted by Crippen LogP contribution is -2.22. The average molecular weight is 183 g/mol. The number of rotatable bonds is 2. The minimum absolute atomic E-state index is 0.0424. The summed E-state index contributed by atoms with van der Waals surface area (Å²) >= 11 is 5.53. The molecule has 0 aromatic carbocycles. The van der Waals surface area contributed by atoms with E-state index in [-0.39, 0.29) is 11.5 Å². The summed E-state index contributed by atoms with van der Waals surface area (Å²) in [7, 11) is 0. The van der Waals surface area contributed by atoms with Gasteiger partial charge in [0.1, 0.15) is 16.7 Å². The zero-order valence-electron chi connectivity index (χ0n) is 6.13. The van der Waals surface area contributed by atoms with Gasteiger partial charge in [-0.2, -0.15) is 0 Å². The summed E-state index contributed by atoms with van der Waals surface area (Å²) in [6.45, 7) is 0. The van der Waals surface area contributed by atoms with Gasteiger partial charge in [-0.05, 0) is 12.1 Å². The second-order valence-electron chi connectivity index (χ2n) is 2.16. The molecular formula is C7H7ClN4.